The number of nitrogens with zero attached hydrogens (tertiary/aromatic N) is 16. The van der Waals surface area contributed by atoms with Gasteiger partial charge in [-0.15, -0.1) is 21.5 Å². The van der Waals surface area contributed by atoms with E-state index in [9.17, 15) is 43.2 Å². The standard InChI is InChI=1S/C82H112ClN25O13S/c1-53-54(2)122-82-71(53)72(57-9-11-58(83)12-10-57)92-62(73-98-97-55(3)108(73)82)47-70(112)89-59-18-27-105(28-19-59)35-39-119-38-34-104-25-16-56(17-26-104)48-107-32-30-106(31-33-107)36-40-120-42-44-121-43-41-118-37-24-84-67(109)13-20-88-79(115)75-95-65(51-102(75)7)93-68(110)14-21-87-78(114)64-46-61(50-101(64)6)91-81(117)76-96-66(52-103(76)8)94-69(111)15-22-86-77(113)63-45-60(49-100(63)5)90-80(116)74-85-23-29-99(74)4/h9-12,23,29,45-46,49-52,56,59,62H,13-22,24-28,30-44,47-48H2,1-8H3,(H,84,109)(H,86,113)(H,87,114)(H,88,115)(H,89,112)(H,90,116)(H,91,117)(H,93,110)(H,94,111)/t62-/m0/s1. The van der Waals surface area contributed by atoms with Gasteiger partial charge in [0.05, 0.1) is 76.4 Å². The van der Waals surface area contributed by atoms with Crippen LogP contribution in [0.1, 0.15) is 143 Å². The highest BCUT2D eigenvalue weighted by atomic mass is 35.5. The maximum atomic E-state index is 13.8. The molecule has 9 N–H and O–H groups in total. The number of piperazine rings is 1. The summed E-state index contributed by atoms with van der Waals surface area (Å²) in [6, 6.07) is 10.3. The number of benzene rings is 1. The summed E-state index contributed by atoms with van der Waals surface area (Å²) in [7, 11) is 8.08. The fraction of sp³-hybridized carbons (Fsp3) is 0.524. The Labute approximate surface area is 716 Å². The number of halogens is 1. The number of amides is 9. The van der Waals surface area contributed by atoms with Crippen LogP contribution in [0.3, 0.4) is 0 Å². The number of thiophene rings is 1. The maximum absolute atomic E-state index is 13.8. The molecule has 7 aromatic heterocycles. The number of aromatic nitrogens is 11. The van der Waals surface area contributed by atoms with E-state index in [1.165, 1.54) is 72.9 Å². The predicted octanol–water partition coefficient (Wildman–Crippen LogP) is 4.00. The van der Waals surface area contributed by atoms with Gasteiger partial charge in [0, 0.05) is 210 Å². The van der Waals surface area contributed by atoms with Gasteiger partial charge >= 0.3 is 0 Å². The molecule has 11 heterocycles. The molecule has 0 spiro atoms. The minimum absolute atomic E-state index is 0.00289. The second kappa shape index (κ2) is 43.8. The normalized spacial score (nSPS) is 15.5. The number of carbonyl (C=O) groups is 9. The van der Waals surface area contributed by atoms with E-state index in [0.717, 1.165) is 137 Å². The molecular weight excluding hydrogens is 1610 g/mol. The Morgan fingerprint density at radius 2 is 1.00 bits per heavy atom. The number of aryl methyl sites for hydroxylation is 7. The predicted molar refractivity (Wildman–Crippen MR) is 458 cm³/mol. The Morgan fingerprint density at radius 3 is 1.57 bits per heavy atom. The topological polar surface area (TPSA) is 418 Å². The molecule has 0 bridgehead atoms. The number of rotatable bonds is 42. The van der Waals surface area contributed by atoms with Gasteiger partial charge in [0.2, 0.25) is 35.3 Å². The summed E-state index contributed by atoms with van der Waals surface area (Å²) >= 11 is 8.00. The zero-order valence-electron chi connectivity index (χ0n) is 70.5. The van der Waals surface area contributed by atoms with Gasteiger partial charge in [-0.1, -0.05) is 23.7 Å². The summed E-state index contributed by atoms with van der Waals surface area (Å²) in [5.41, 5.74) is 5.07. The van der Waals surface area contributed by atoms with Crippen LogP contribution in [0.5, 0.6) is 0 Å². The Balaban J connectivity index is 0.424. The molecule has 0 unspecified atom stereocenters. The molecule has 3 saturated heterocycles. The van der Waals surface area contributed by atoms with Crippen LogP contribution in [-0.4, -0.2) is 295 Å². The van der Waals surface area contributed by atoms with Gasteiger partial charge < -0.3 is 104 Å². The highest BCUT2D eigenvalue weighted by Crippen LogP contribution is 2.40. The molecule has 1 atom stereocenters. The molecule has 0 aliphatic carbocycles. The Kier molecular flexibility index (Phi) is 32.4. The summed E-state index contributed by atoms with van der Waals surface area (Å²) in [5, 5.41) is 35.5. The SMILES string of the molecule is Cc1sc2c(c1C)C(c1ccc(Cl)cc1)=N[C@@H](CC(=O)NC1CCN(CCOCCN3CCC(CN4CCN(CCOCCOCCOCCNC(=O)CCNC(=O)c5nc(NC(=O)CCNC(=O)c6cc(NC(=O)c7nc(NC(=O)CCNC(=O)c8cc(NC(=O)c9nccn9C)cn8C)cn7C)cn6C)cn5C)CC4)CC3)CC1)c1nnc(C)n1-2. The van der Waals surface area contributed by atoms with Crippen molar-refractivity contribution in [3.63, 3.8) is 0 Å². The molecule has 3 fully saturated rings. The van der Waals surface area contributed by atoms with Gasteiger partial charge in [-0.3, -0.25) is 57.6 Å². The van der Waals surface area contributed by atoms with Gasteiger partial charge in [0.1, 0.15) is 28.3 Å². The van der Waals surface area contributed by atoms with Gasteiger partial charge in [0.15, 0.2) is 23.3 Å². The largest absolute Gasteiger partial charge is 0.379 e. The molecule has 0 saturated carbocycles. The number of likely N-dealkylation sites (tertiary alicyclic amines) is 2. The first-order chi connectivity index (χ1) is 58.9. The third-order valence-electron chi connectivity index (χ3n) is 22.0. The number of aliphatic imine (C=N–C) groups is 1. The molecule has 4 aliphatic heterocycles. The quantitative estimate of drug-likeness (QED) is 0.0244. The Bertz CT molecular complexity index is 4980. The van der Waals surface area contributed by atoms with Crippen molar-refractivity contribution in [2.75, 3.05) is 179 Å². The summed E-state index contributed by atoms with van der Waals surface area (Å²) in [6.07, 6.45) is 13.3. The zero-order chi connectivity index (χ0) is 86.3. The van der Waals surface area contributed by atoms with E-state index in [0.29, 0.717) is 56.2 Å². The number of piperidine rings is 2. The van der Waals surface area contributed by atoms with Gasteiger partial charge in [-0.2, -0.15) is 0 Å². The van der Waals surface area contributed by atoms with E-state index < -0.39 is 47.4 Å². The van der Waals surface area contributed by atoms with Crippen LogP contribution in [0.4, 0.5) is 23.0 Å². The molecule has 40 heteroatoms. The van der Waals surface area contributed by atoms with Gasteiger partial charge in [-0.25, -0.2) is 15.0 Å². The van der Waals surface area contributed by atoms with Crippen molar-refractivity contribution in [1.29, 1.82) is 0 Å². The van der Waals surface area contributed by atoms with Crippen molar-refractivity contribution >= 4 is 105 Å². The number of carbonyl (C=O) groups excluding carboxylic acids is 9. The number of nitrogens with one attached hydrogen (secondary N) is 9. The first kappa shape index (κ1) is 90.4. The monoisotopic (exact) mass is 1720 g/mol. The van der Waals surface area contributed by atoms with E-state index in [1.807, 2.05) is 31.2 Å². The highest BCUT2D eigenvalue weighted by molar-refractivity contribution is 7.15. The molecule has 122 heavy (non-hydrogen) atoms. The van der Waals surface area contributed by atoms with Crippen LogP contribution in [0, 0.1) is 26.7 Å². The lowest BCUT2D eigenvalue weighted by Gasteiger charge is -2.38. The van der Waals surface area contributed by atoms with Crippen LogP contribution in [0.15, 0.2) is 78.6 Å². The smallest absolute Gasteiger partial charge is 0.291 e. The average Bonchev–Trinajstić information content (AvgIpc) is 1.59. The fourth-order valence-corrected chi connectivity index (χ4v) is 16.5. The first-order valence-electron chi connectivity index (χ1n) is 41.4. The molecule has 4 aliphatic rings. The lowest BCUT2D eigenvalue weighted by Crippen LogP contribution is -2.49. The van der Waals surface area contributed by atoms with E-state index in [-0.39, 0.29) is 123 Å². The molecule has 0 radical (unpaired) electrons. The number of anilines is 4. The zero-order valence-corrected chi connectivity index (χ0v) is 72.1. The number of hydrogen-bond acceptors (Lipinski definition) is 24. The minimum atomic E-state index is -0.634. The van der Waals surface area contributed by atoms with Crippen LogP contribution in [0.25, 0.3) is 5.00 Å². The first-order valence-corrected chi connectivity index (χ1v) is 42.6. The van der Waals surface area contributed by atoms with E-state index in [4.69, 9.17) is 35.5 Å². The number of imidazole rings is 3. The lowest BCUT2D eigenvalue weighted by molar-refractivity contribution is -0.123. The summed E-state index contributed by atoms with van der Waals surface area (Å²) in [5.74, 6) is -1.39. The van der Waals surface area contributed by atoms with E-state index in [1.54, 1.807) is 63.5 Å². The lowest BCUT2D eigenvalue weighted by atomic mass is 9.96. The van der Waals surface area contributed by atoms with Crippen molar-refractivity contribution in [3.8, 4) is 5.00 Å². The van der Waals surface area contributed by atoms with Gasteiger partial charge in [-0.05, 0) is 95.3 Å². The van der Waals surface area contributed by atoms with Crippen LogP contribution >= 0.6 is 22.9 Å². The van der Waals surface area contributed by atoms with Crippen LogP contribution in [0.2, 0.25) is 5.02 Å². The highest BCUT2D eigenvalue weighted by Gasteiger charge is 2.35. The van der Waals surface area contributed by atoms with Crippen molar-refractivity contribution in [1.82, 2.24) is 98.7 Å². The summed E-state index contributed by atoms with van der Waals surface area (Å²) in [6.45, 7) is 22.7. The molecule has 9 amide bonds. The van der Waals surface area contributed by atoms with E-state index >= 15 is 0 Å². The Morgan fingerprint density at radius 1 is 0.500 bits per heavy atom. The molecule has 656 valence electrons. The molecule has 8 aromatic rings. The van der Waals surface area contributed by atoms with Gasteiger partial charge in [0.25, 0.3) is 29.5 Å². The van der Waals surface area contributed by atoms with Crippen molar-refractivity contribution in [3.05, 3.63) is 141 Å². The number of fused-ring (bicyclic) bond motifs is 3. The summed E-state index contributed by atoms with van der Waals surface area (Å²) < 4.78 is 32.9. The number of hydrogen-bond donors (Lipinski definition) is 9. The Hall–Kier alpha value is -10.9. The van der Waals surface area contributed by atoms with Crippen molar-refractivity contribution in [2.45, 2.75) is 84.2 Å². The third kappa shape index (κ3) is 25.2. The number of ether oxygens (including phenoxy) is 4. The van der Waals surface area contributed by atoms with Crippen molar-refractivity contribution in [2.24, 2.45) is 46.1 Å². The molecule has 38 nitrogen and oxygen atoms in total. The maximum Gasteiger partial charge on any atom is 0.291 e. The fourth-order valence-electron chi connectivity index (χ4n) is 15.1. The second-order valence-electron chi connectivity index (χ2n) is 31.0. The second-order valence-corrected chi connectivity index (χ2v) is 32.6. The van der Waals surface area contributed by atoms with Crippen LogP contribution < -0.4 is 47.9 Å². The average molecular weight is 1720 g/mol. The molecule has 12 rings (SSSR count). The third-order valence-corrected chi connectivity index (χ3v) is 23.4. The van der Waals surface area contributed by atoms with Crippen molar-refractivity contribution < 1.29 is 62.1 Å². The molecule has 1 aromatic carbocycles. The van der Waals surface area contributed by atoms with Crippen LogP contribution in [-0.2, 0) is 73.4 Å². The molecular formula is C82H112ClN25O13S. The van der Waals surface area contributed by atoms with E-state index in [2.05, 4.69) is 111 Å². The minimum Gasteiger partial charge on any atom is -0.379 e. The summed E-state index contributed by atoms with van der Waals surface area (Å²) in [4.78, 5) is 146.